The second-order valence-electron chi connectivity index (χ2n) is 6.08. The lowest BCUT2D eigenvalue weighted by Gasteiger charge is -2.26. The molecule has 0 nitrogen and oxygen atoms in total. The maximum Gasteiger partial charge on any atom is 0.127 e. The summed E-state index contributed by atoms with van der Waals surface area (Å²) in [5, 5.41) is 0. The largest absolute Gasteiger partial charge is 0.207 e. The number of hydrogen-bond acceptors (Lipinski definition) is 0. The monoisotopic (exact) mass is 250 g/mol. The number of rotatable bonds is 4. The van der Waals surface area contributed by atoms with Gasteiger partial charge < -0.3 is 0 Å². The molecule has 0 saturated carbocycles. The Labute approximate surface area is 112 Å². The summed E-state index contributed by atoms with van der Waals surface area (Å²) >= 11 is 0. The third-order valence-electron chi connectivity index (χ3n) is 3.60. The molecule has 0 saturated heterocycles. The first-order chi connectivity index (χ1) is 8.31. The Morgan fingerprint density at radius 3 is 1.61 bits per heavy atom. The molecule has 0 aliphatic carbocycles. The quantitative estimate of drug-likeness (QED) is 0.637. The molecule has 18 heavy (non-hydrogen) atoms. The smallest absolute Gasteiger partial charge is 0.127 e. The first-order valence-corrected chi connectivity index (χ1v) is 7.16. The van der Waals surface area contributed by atoms with Crippen molar-refractivity contribution < 1.29 is 4.39 Å². The van der Waals surface area contributed by atoms with Crippen molar-refractivity contribution in [3.63, 3.8) is 0 Å². The van der Waals surface area contributed by atoms with Gasteiger partial charge in [0.1, 0.15) is 5.82 Å². The van der Waals surface area contributed by atoms with Gasteiger partial charge in [0, 0.05) is 0 Å². The number of aryl methyl sites for hydroxylation is 1. The summed E-state index contributed by atoms with van der Waals surface area (Å²) in [5.74, 6) is 1.05. The molecule has 0 amide bonds. The van der Waals surface area contributed by atoms with Crippen molar-refractivity contribution in [3.05, 3.63) is 34.1 Å². The Kier molecular flexibility index (Phi) is 4.95. The second-order valence-corrected chi connectivity index (χ2v) is 6.08. The Hall–Kier alpha value is -0.850. The van der Waals surface area contributed by atoms with Gasteiger partial charge in [-0.1, -0.05) is 48.5 Å². The van der Waals surface area contributed by atoms with Crippen molar-refractivity contribution in [3.8, 4) is 0 Å². The molecule has 0 N–H and O–H groups in total. The minimum Gasteiger partial charge on any atom is -0.207 e. The zero-order chi connectivity index (χ0) is 14.0. The predicted octanol–water partition coefficient (Wildman–Crippen LogP) is 5.76. The van der Waals surface area contributed by atoms with Crippen molar-refractivity contribution in [1.29, 1.82) is 0 Å². The minimum absolute atomic E-state index is 0.0186. The van der Waals surface area contributed by atoms with Crippen LogP contribution in [0.5, 0.6) is 0 Å². The van der Waals surface area contributed by atoms with E-state index in [-0.39, 0.29) is 11.7 Å². The molecule has 1 rings (SSSR count). The molecule has 0 radical (unpaired) electrons. The van der Waals surface area contributed by atoms with Crippen LogP contribution in [0.1, 0.15) is 88.5 Å². The standard InChI is InChI=1S/C17H27F/c1-8-13-9-14(18)16(11(4)5)17(12(6)7)15(13)10(2)3/h9-12H,8H2,1-7H3. The summed E-state index contributed by atoms with van der Waals surface area (Å²) in [6, 6.07) is 1.76. The van der Waals surface area contributed by atoms with E-state index in [0.29, 0.717) is 11.8 Å². The van der Waals surface area contributed by atoms with E-state index in [9.17, 15) is 4.39 Å². The number of hydrogen-bond donors (Lipinski definition) is 0. The Morgan fingerprint density at radius 1 is 0.833 bits per heavy atom. The average molecular weight is 250 g/mol. The van der Waals surface area contributed by atoms with Crippen molar-refractivity contribution in [2.75, 3.05) is 0 Å². The molecule has 0 aliphatic heterocycles. The molecular weight excluding hydrogens is 223 g/mol. The van der Waals surface area contributed by atoms with Crippen LogP contribution in [0.3, 0.4) is 0 Å². The summed E-state index contributed by atoms with van der Waals surface area (Å²) in [5.41, 5.74) is 4.72. The van der Waals surface area contributed by atoms with E-state index in [1.54, 1.807) is 6.07 Å². The highest BCUT2D eigenvalue weighted by molar-refractivity contribution is 5.47. The summed E-state index contributed by atoms with van der Waals surface area (Å²) < 4.78 is 14.4. The van der Waals surface area contributed by atoms with Crippen molar-refractivity contribution >= 4 is 0 Å². The van der Waals surface area contributed by atoms with Gasteiger partial charge in [0.15, 0.2) is 0 Å². The second kappa shape index (κ2) is 5.86. The van der Waals surface area contributed by atoms with E-state index in [1.165, 1.54) is 16.7 Å². The topological polar surface area (TPSA) is 0 Å². The lowest BCUT2D eigenvalue weighted by atomic mass is 9.80. The van der Waals surface area contributed by atoms with Crippen LogP contribution in [0.4, 0.5) is 4.39 Å². The van der Waals surface area contributed by atoms with E-state index in [0.717, 1.165) is 12.0 Å². The number of benzene rings is 1. The molecule has 0 fully saturated rings. The maximum atomic E-state index is 14.4. The fourth-order valence-corrected chi connectivity index (χ4v) is 2.94. The Bertz CT molecular complexity index is 414. The molecule has 0 bridgehead atoms. The van der Waals surface area contributed by atoms with Crippen LogP contribution >= 0.6 is 0 Å². The van der Waals surface area contributed by atoms with Gasteiger partial charge >= 0.3 is 0 Å². The zero-order valence-corrected chi connectivity index (χ0v) is 12.9. The normalized spacial score (nSPS) is 11.9. The molecule has 0 heterocycles. The van der Waals surface area contributed by atoms with Crippen LogP contribution in [0.2, 0.25) is 0 Å². The lowest BCUT2D eigenvalue weighted by molar-refractivity contribution is 0.582. The highest BCUT2D eigenvalue weighted by Gasteiger charge is 2.22. The van der Waals surface area contributed by atoms with E-state index < -0.39 is 0 Å². The van der Waals surface area contributed by atoms with E-state index in [1.807, 2.05) is 0 Å². The summed E-state index contributed by atoms with van der Waals surface area (Å²) in [6.45, 7) is 15.0. The van der Waals surface area contributed by atoms with Gasteiger partial charge in [-0.25, -0.2) is 4.39 Å². The summed E-state index contributed by atoms with van der Waals surface area (Å²) in [7, 11) is 0. The van der Waals surface area contributed by atoms with Crippen molar-refractivity contribution in [2.24, 2.45) is 0 Å². The van der Waals surface area contributed by atoms with Gasteiger partial charge in [0.2, 0.25) is 0 Å². The van der Waals surface area contributed by atoms with Crippen LogP contribution in [-0.2, 0) is 6.42 Å². The first kappa shape index (κ1) is 15.2. The SMILES string of the molecule is CCc1cc(F)c(C(C)C)c(C(C)C)c1C(C)C. The van der Waals surface area contributed by atoms with Crippen molar-refractivity contribution in [1.82, 2.24) is 0 Å². The third kappa shape index (κ3) is 2.76. The molecule has 1 heteroatoms. The molecule has 1 aromatic carbocycles. The molecule has 0 aliphatic rings. The van der Waals surface area contributed by atoms with Crippen LogP contribution < -0.4 is 0 Å². The minimum atomic E-state index is -0.0186. The molecule has 102 valence electrons. The van der Waals surface area contributed by atoms with Gasteiger partial charge in [-0.05, 0) is 52.5 Å². The van der Waals surface area contributed by atoms with Gasteiger partial charge in [-0.3, -0.25) is 0 Å². The Balaban J connectivity index is 3.69. The summed E-state index contributed by atoms with van der Waals surface area (Å²) in [6.07, 6.45) is 0.905. The lowest BCUT2D eigenvalue weighted by Crippen LogP contribution is -2.11. The highest BCUT2D eigenvalue weighted by Crippen LogP contribution is 2.37. The Morgan fingerprint density at radius 2 is 1.28 bits per heavy atom. The molecule has 0 spiro atoms. The van der Waals surface area contributed by atoms with Gasteiger partial charge in [0.05, 0.1) is 0 Å². The maximum absolute atomic E-state index is 14.4. The van der Waals surface area contributed by atoms with Gasteiger partial charge in [-0.2, -0.15) is 0 Å². The first-order valence-electron chi connectivity index (χ1n) is 7.16. The molecule has 1 aromatic rings. The fourth-order valence-electron chi connectivity index (χ4n) is 2.94. The van der Waals surface area contributed by atoms with Crippen molar-refractivity contribution in [2.45, 2.75) is 72.6 Å². The van der Waals surface area contributed by atoms with Gasteiger partial charge in [0.25, 0.3) is 0 Å². The molecule has 0 atom stereocenters. The van der Waals surface area contributed by atoms with E-state index in [2.05, 4.69) is 48.5 Å². The highest BCUT2D eigenvalue weighted by atomic mass is 19.1. The van der Waals surface area contributed by atoms with Crippen LogP contribution in [0, 0.1) is 5.82 Å². The molecular formula is C17H27F. The predicted molar refractivity (Wildman–Crippen MR) is 78.0 cm³/mol. The van der Waals surface area contributed by atoms with Crippen LogP contribution in [0.25, 0.3) is 0 Å². The number of halogens is 1. The van der Waals surface area contributed by atoms with E-state index >= 15 is 0 Å². The van der Waals surface area contributed by atoms with Gasteiger partial charge in [-0.15, -0.1) is 0 Å². The fraction of sp³-hybridized carbons (Fsp3) is 0.647. The molecule has 0 aromatic heterocycles. The zero-order valence-electron chi connectivity index (χ0n) is 12.9. The summed E-state index contributed by atoms with van der Waals surface area (Å²) in [4.78, 5) is 0. The van der Waals surface area contributed by atoms with E-state index in [4.69, 9.17) is 0 Å². The molecule has 0 unspecified atom stereocenters. The third-order valence-corrected chi connectivity index (χ3v) is 3.60. The average Bonchev–Trinajstić information content (AvgIpc) is 2.25. The van der Waals surface area contributed by atoms with Crippen LogP contribution in [0.15, 0.2) is 6.07 Å². The van der Waals surface area contributed by atoms with Crippen LogP contribution in [-0.4, -0.2) is 0 Å².